The molecule has 1 atom stereocenters. The molecule has 3 nitrogen and oxygen atoms in total. The van der Waals surface area contributed by atoms with E-state index in [4.69, 9.17) is 5.73 Å². The zero-order valence-electron chi connectivity index (χ0n) is 9.86. The van der Waals surface area contributed by atoms with Gasteiger partial charge in [-0.1, -0.05) is 19.3 Å². The molecule has 94 valence electrons. The van der Waals surface area contributed by atoms with Gasteiger partial charge in [-0.2, -0.15) is 0 Å². The Morgan fingerprint density at radius 2 is 2.00 bits per heavy atom. The quantitative estimate of drug-likeness (QED) is 0.824. The zero-order chi connectivity index (χ0) is 10.7. The fourth-order valence-corrected chi connectivity index (χ4v) is 2.66. The van der Waals surface area contributed by atoms with Crippen molar-refractivity contribution in [2.24, 2.45) is 11.7 Å². The second-order valence-corrected chi connectivity index (χ2v) is 4.95. The molecule has 0 spiro atoms. The Morgan fingerprint density at radius 3 is 2.56 bits per heavy atom. The molecule has 16 heavy (non-hydrogen) atoms. The number of likely N-dealkylation sites (tertiary alicyclic amines) is 1. The molecule has 1 unspecified atom stereocenters. The smallest absolute Gasteiger partial charge is 0.222 e. The van der Waals surface area contributed by atoms with Gasteiger partial charge < -0.3 is 10.6 Å². The molecule has 1 aliphatic heterocycles. The molecule has 2 rings (SSSR count). The van der Waals surface area contributed by atoms with Gasteiger partial charge in [-0.25, -0.2) is 0 Å². The van der Waals surface area contributed by atoms with Crippen molar-refractivity contribution >= 4 is 18.3 Å². The molecule has 2 fully saturated rings. The van der Waals surface area contributed by atoms with Crippen LogP contribution >= 0.6 is 12.4 Å². The molecule has 1 saturated carbocycles. The lowest BCUT2D eigenvalue weighted by Crippen LogP contribution is -2.40. The predicted octanol–water partition coefficient (Wildman–Crippen LogP) is 1.94. The summed E-state index contributed by atoms with van der Waals surface area (Å²) in [5, 5.41) is 0. The first-order valence-corrected chi connectivity index (χ1v) is 6.31. The first kappa shape index (κ1) is 13.8. The predicted molar refractivity (Wildman–Crippen MR) is 67.6 cm³/mol. The van der Waals surface area contributed by atoms with Crippen molar-refractivity contribution in [3.8, 4) is 0 Å². The van der Waals surface area contributed by atoms with E-state index in [1.54, 1.807) is 0 Å². The number of carbonyl (C=O) groups excluding carboxylic acids is 1. The number of nitrogens with zero attached hydrogens (tertiary/aromatic N) is 1. The Kier molecular flexibility index (Phi) is 5.56. The lowest BCUT2D eigenvalue weighted by Gasteiger charge is -2.27. The number of halogens is 1. The molecule has 0 bridgehead atoms. The summed E-state index contributed by atoms with van der Waals surface area (Å²) in [6.45, 7) is 1.57. The normalized spacial score (nSPS) is 25.1. The van der Waals surface area contributed by atoms with Crippen molar-refractivity contribution in [3.05, 3.63) is 0 Å². The average Bonchev–Trinajstić information content (AvgIpc) is 2.62. The highest BCUT2D eigenvalue weighted by Gasteiger charge is 2.28. The van der Waals surface area contributed by atoms with Crippen LogP contribution in [0.5, 0.6) is 0 Å². The Morgan fingerprint density at radius 1 is 1.25 bits per heavy atom. The van der Waals surface area contributed by atoms with Gasteiger partial charge in [0, 0.05) is 25.6 Å². The van der Waals surface area contributed by atoms with E-state index in [0.29, 0.717) is 18.5 Å². The van der Waals surface area contributed by atoms with Crippen molar-refractivity contribution in [2.75, 3.05) is 13.1 Å². The van der Waals surface area contributed by atoms with E-state index < -0.39 is 0 Å². The monoisotopic (exact) mass is 246 g/mol. The zero-order valence-corrected chi connectivity index (χ0v) is 10.7. The molecule has 0 aromatic heterocycles. The van der Waals surface area contributed by atoms with Crippen molar-refractivity contribution in [1.29, 1.82) is 0 Å². The molecule has 1 amide bonds. The summed E-state index contributed by atoms with van der Waals surface area (Å²) in [6, 6.07) is 0.332. The second kappa shape index (κ2) is 6.45. The van der Waals surface area contributed by atoms with Crippen molar-refractivity contribution in [3.63, 3.8) is 0 Å². The Labute approximate surface area is 104 Å². The van der Waals surface area contributed by atoms with Gasteiger partial charge in [0.25, 0.3) is 0 Å². The summed E-state index contributed by atoms with van der Waals surface area (Å²) in [5.74, 6) is 1.18. The minimum atomic E-state index is 0. The van der Waals surface area contributed by atoms with Crippen LogP contribution in [0.25, 0.3) is 0 Å². The number of carbonyl (C=O) groups is 1. The SMILES string of the molecule is Cl.NCC1CCCN1C(=O)CCC1CCC1. The van der Waals surface area contributed by atoms with E-state index in [1.165, 1.54) is 19.3 Å². The fraction of sp³-hybridized carbons (Fsp3) is 0.917. The van der Waals surface area contributed by atoms with Crippen LogP contribution in [0.15, 0.2) is 0 Å². The molecule has 0 aromatic rings. The van der Waals surface area contributed by atoms with E-state index in [2.05, 4.69) is 0 Å². The number of nitrogens with two attached hydrogens (primary N) is 1. The third kappa shape index (κ3) is 3.11. The molecular formula is C12H23ClN2O. The van der Waals surface area contributed by atoms with Crippen LogP contribution in [0.4, 0.5) is 0 Å². The highest BCUT2D eigenvalue weighted by atomic mass is 35.5. The first-order valence-electron chi connectivity index (χ1n) is 6.31. The van der Waals surface area contributed by atoms with Crippen LogP contribution in [-0.4, -0.2) is 29.9 Å². The third-order valence-corrected chi connectivity index (χ3v) is 3.96. The standard InChI is InChI=1S/C12H22N2O.ClH/c13-9-11-5-2-8-14(11)12(15)7-6-10-3-1-4-10;/h10-11H,1-9,13H2;1H. The Balaban J connectivity index is 0.00000128. The maximum Gasteiger partial charge on any atom is 0.222 e. The summed E-state index contributed by atoms with van der Waals surface area (Å²) in [5.41, 5.74) is 5.66. The van der Waals surface area contributed by atoms with Gasteiger partial charge >= 0.3 is 0 Å². The van der Waals surface area contributed by atoms with Crippen molar-refractivity contribution in [1.82, 2.24) is 4.90 Å². The average molecular weight is 247 g/mol. The van der Waals surface area contributed by atoms with Crippen LogP contribution < -0.4 is 5.73 Å². The summed E-state index contributed by atoms with van der Waals surface area (Å²) in [7, 11) is 0. The molecule has 2 aliphatic rings. The molecule has 4 heteroatoms. The second-order valence-electron chi connectivity index (χ2n) is 4.95. The number of hydrogen-bond acceptors (Lipinski definition) is 2. The molecule has 0 aromatic carbocycles. The van der Waals surface area contributed by atoms with Crippen molar-refractivity contribution in [2.45, 2.75) is 51.0 Å². The van der Waals surface area contributed by atoms with Crippen LogP contribution in [0.2, 0.25) is 0 Å². The molecule has 0 radical (unpaired) electrons. The summed E-state index contributed by atoms with van der Waals surface area (Å²) < 4.78 is 0. The van der Waals surface area contributed by atoms with Gasteiger partial charge in [-0.3, -0.25) is 4.79 Å². The largest absolute Gasteiger partial charge is 0.338 e. The van der Waals surface area contributed by atoms with E-state index >= 15 is 0 Å². The van der Waals surface area contributed by atoms with Crippen LogP contribution in [-0.2, 0) is 4.79 Å². The maximum atomic E-state index is 11.9. The Hall–Kier alpha value is -0.280. The fourth-order valence-electron chi connectivity index (χ4n) is 2.66. The van der Waals surface area contributed by atoms with Crippen LogP contribution in [0.1, 0.15) is 44.9 Å². The van der Waals surface area contributed by atoms with Crippen LogP contribution in [0.3, 0.4) is 0 Å². The first-order chi connectivity index (χ1) is 7.31. The summed E-state index contributed by atoms with van der Waals surface area (Å²) in [4.78, 5) is 13.9. The highest BCUT2D eigenvalue weighted by Crippen LogP contribution is 2.31. The van der Waals surface area contributed by atoms with E-state index in [9.17, 15) is 4.79 Å². The van der Waals surface area contributed by atoms with Gasteiger partial charge in [-0.15, -0.1) is 12.4 Å². The summed E-state index contributed by atoms with van der Waals surface area (Å²) in [6.07, 6.45) is 8.14. The highest BCUT2D eigenvalue weighted by molar-refractivity contribution is 5.85. The van der Waals surface area contributed by atoms with Gasteiger partial charge in [0.1, 0.15) is 0 Å². The van der Waals surface area contributed by atoms with Gasteiger partial charge in [0.15, 0.2) is 0 Å². The maximum absolute atomic E-state index is 11.9. The lowest BCUT2D eigenvalue weighted by molar-refractivity contribution is -0.132. The lowest BCUT2D eigenvalue weighted by atomic mass is 9.82. The minimum absolute atomic E-state index is 0. The van der Waals surface area contributed by atoms with E-state index in [0.717, 1.165) is 38.1 Å². The minimum Gasteiger partial charge on any atom is -0.338 e. The molecular weight excluding hydrogens is 224 g/mol. The van der Waals surface area contributed by atoms with Gasteiger partial charge in [-0.05, 0) is 25.2 Å². The van der Waals surface area contributed by atoms with Crippen LogP contribution in [0, 0.1) is 5.92 Å². The third-order valence-electron chi connectivity index (χ3n) is 3.96. The number of rotatable bonds is 4. The topological polar surface area (TPSA) is 46.3 Å². The summed E-state index contributed by atoms with van der Waals surface area (Å²) >= 11 is 0. The van der Waals surface area contributed by atoms with E-state index in [-0.39, 0.29) is 12.4 Å². The number of hydrogen-bond donors (Lipinski definition) is 1. The number of amides is 1. The van der Waals surface area contributed by atoms with Gasteiger partial charge in [0.05, 0.1) is 0 Å². The Bertz CT molecular complexity index is 231. The molecule has 1 saturated heterocycles. The van der Waals surface area contributed by atoms with Gasteiger partial charge in [0.2, 0.25) is 5.91 Å². The molecule has 1 heterocycles. The van der Waals surface area contributed by atoms with Crippen molar-refractivity contribution < 1.29 is 4.79 Å². The molecule has 2 N–H and O–H groups in total. The molecule has 1 aliphatic carbocycles. The van der Waals surface area contributed by atoms with E-state index in [1.807, 2.05) is 4.90 Å².